The zero-order valence-electron chi connectivity index (χ0n) is 18.5. The van der Waals surface area contributed by atoms with E-state index in [4.69, 9.17) is 0 Å². The first-order chi connectivity index (χ1) is 17.1. The van der Waals surface area contributed by atoms with Gasteiger partial charge in [0.1, 0.15) is 0 Å². The Bertz CT molecular complexity index is 1510. The number of benzene rings is 4. The summed E-state index contributed by atoms with van der Waals surface area (Å²) in [5, 5.41) is 13.2. The number of ketones is 2. The minimum Gasteiger partial charge on any atom is -0.289 e. The van der Waals surface area contributed by atoms with Crippen LogP contribution in [0.2, 0.25) is 0 Å². The van der Waals surface area contributed by atoms with Crippen LogP contribution < -0.4 is 0 Å². The summed E-state index contributed by atoms with van der Waals surface area (Å²) in [6.07, 6.45) is 0. The molecule has 0 aromatic heterocycles. The maximum Gasteiger partial charge on any atom is 0.301 e. The van der Waals surface area contributed by atoms with Crippen molar-refractivity contribution in [1.82, 2.24) is 0 Å². The van der Waals surface area contributed by atoms with Crippen LogP contribution in [0.5, 0.6) is 0 Å². The lowest BCUT2D eigenvalue weighted by Gasteiger charge is -2.45. The van der Waals surface area contributed by atoms with Gasteiger partial charge in [0.05, 0.1) is 5.57 Å². The Kier molecular flexibility index (Phi) is 4.61. The zero-order valence-corrected chi connectivity index (χ0v) is 18.5. The van der Waals surface area contributed by atoms with Crippen LogP contribution in [-0.4, -0.2) is 16.5 Å². The molecule has 3 aliphatic carbocycles. The summed E-state index contributed by atoms with van der Waals surface area (Å²) in [5.74, 6) is -1.46. The number of hydrogen-bond acceptors (Lipinski definition) is 4. The lowest BCUT2D eigenvalue weighted by atomic mass is 9.55. The van der Waals surface area contributed by atoms with E-state index < -0.39 is 22.2 Å². The predicted octanol–water partition coefficient (Wildman–Crippen LogP) is 5.73. The molecule has 0 saturated heterocycles. The molecule has 5 heteroatoms. The Morgan fingerprint density at radius 1 is 0.629 bits per heavy atom. The number of Topliss-reactive ketones (excluding diaryl/α,β-unsaturated/α-hetero) is 2. The van der Waals surface area contributed by atoms with Crippen molar-refractivity contribution in [1.29, 1.82) is 0 Å². The minimum atomic E-state index is -1.99. The van der Waals surface area contributed by atoms with Gasteiger partial charge in [-0.15, -0.1) is 0 Å². The number of carbonyl (C=O) groups is 2. The number of hydrogen-bond donors (Lipinski definition) is 0. The molecule has 4 aromatic carbocycles. The third-order valence-electron chi connectivity index (χ3n) is 7.06. The fourth-order valence-corrected chi connectivity index (χ4v) is 5.69. The van der Waals surface area contributed by atoms with Crippen molar-refractivity contribution in [3.05, 3.63) is 164 Å². The number of allylic oxidation sites excluding steroid dienone is 1. The third-order valence-corrected chi connectivity index (χ3v) is 7.06. The summed E-state index contributed by atoms with van der Waals surface area (Å²) in [4.78, 5) is 41.1. The van der Waals surface area contributed by atoms with Gasteiger partial charge in [0.2, 0.25) is 0 Å². The van der Waals surface area contributed by atoms with Crippen molar-refractivity contribution in [2.24, 2.45) is 0 Å². The first-order valence-electron chi connectivity index (χ1n) is 11.3. The van der Waals surface area contributed by atoms with Gasteiger partial charge < -0.3 is 0 Å². The molecule has 0 unspecified atom stereocenters. The fraction of sp³-hybridized carbons (Fsp3) is 0.0667. The quantitative estimate of drug-likeness (QED) is 0.218. The molecular formula is C30H19NO4. The first kappa shape index (κ1) is 20.9. The maximum atomic E-state index is 14.2. The molecule has 4 aromatic rings. The molecule has 0 N–H and O–H groups in total. The van der Waals surface area contributed by atoms with E-state index in [0.29, 0.717) is 33.4 Å². The van der Waals surface area contributed by atoms with Crippen molar-refractivity contribution >= 4 is 11.6 Å². The maximum absolute atomic E-state index is 14.2. The van der Waals surface area contributed by atoms with Crippen molar-refractivity contribution in [3.63, 3.8) is 0 Å². The van der Waals surface area contributed by atoms with Crippen LogP contribution in [0.1, 0.15) is 48.9 Å². The number of rotatable bonds is 5. The van der Waals surface area contributed by atoms with E-state index in [0.717, 1.165) is 0 Å². The van der Waals surface area contributed by atoms with Crippen LogP contribution in [0.4, 0.5) is 0 Å². The standard InChI is InChI=1S/C30H19NO4/c32-28(19-11-3-1-4-12-19)26-25-21-15-7-9-17-23(21)30(31(34)35,24-18-10-8-16-22(24)25)27(26)29(33)20-13-5-2-6-14-20/h1-18,25H. The topological polar surface area (TPSA) is 77.3 Å². The molecule has 3 aliphatic rings. The van der Waals surface area contributed by atoms with Crippen molar-refractivity contribution in [2.75, 3.05) is 0 Å². The van der Waals surface area contributed by atoms with Gasteiger partial charge in [-0.3, -0.25) is 19.7 Å². The molecule has 7 rings (SSSR count). The van der Waals surface area contributed by atoms with Gasteiger partial charge in [-0.2, -0.15) is 0 Å². The van der Waals surface area contributed by atoms with E-state index in [2.05, 4.69) is 0 Å². The third kappa shape index (κ3) is 2.75. The highest BCUT2D eigenvalue weighted by atomic mass is 16.6. The van der Waals surface area contributed by atoms with Gasteiger partial charge in [-0.1, -0.05) is 109 Å². The van der Waals surface area contributed by atoms with Crippen LogP contribution in [0.3, 0.4) is 0 Å². The fourth-order valence-electron chi connectivity index (χ4n) is 5.69. The summed E-state index contributed by atoms with van der Waals surface area (Å²) in [7, 11) is 0. The minimum absolute atomic E-state index is 0.0649. The average Bonchev–Trinajstić information content (AvgIpc) is 2.92. The van der Waals surface area contributed by atoms with Crippen LogP contribution in [0.25, 0.3) is 0 Å². The molecule has 0 fully saturated rings. The van der Waals surface area contributed by atoms with Gasteiger partial charge in [0.25, 0.3) is 0 Å². The lowest BCUT2D eigenvalue weighted by molar-refractivity contribution is -0.554. The van der Waals surface area contributed by atoms with E-state index in [1.807, 2.05) is 24.3 Å². The van der Waals surface area contributed by atoms with E-state index in [1.54, 1.807) is 84.9 Å². The Morgan fingerprint density at radius 2 is 1.06 bits per heavy atom. The zero-order chi connectivity index (χ0) is 24.2. The van der Waals surface area contributed by atoms with Crippen molar-refractivity contribution in [3.8, 4) is 0 Å². The molecule has 0 atom stereocenters. The van der Waals surface area contributed by atoms with Gasteiger partial charge in [0.15, 0.2) is 11.6 Å². The Hall–Kier alpha value is -4.64. The molecule has 0 saturated carbocycles. The van der Waals surface area contributed by atoms with E-state index >= 15 is 0 Å². The Balaban J connectivity index is 1.78. The summed E-state index contributed by atoms with van der Waals surface area (Å²) >= 11 is 0. The molecule has 35 heavy (non-hydrogen) atoms. The molecular weight excluding hydrogens is 438 g/mol. The largest absolute Gasteiger partial charge is 0.301 e. The monoisotopic (exact) mass is 457 g/mol. The van der Waals surface area contributed by atoms with Crippen LogP contribution in [0, 0.1) is 10.1 Å². The summed E-state index contributed by atoms with van der Waals surface area (Å²) < 4.78 is 0. The highest BCUT2D eigenvalue weighted by molar-refractivity contribution is 6.21. The van der Waals surface area contributed by atoms with Gasteiger partial charge in [-0.25, -0.2) is 0 Å². The first-order valence-corrected chi connectivity index (χ1v) is 11.3. The van der Waals surface area contributed by atoms with Crippen LogP contribution in [-0.2, 0) is 5.54 Å². The van der Waals surface area contributed by atoms with Gasteiger partial charge in [-0.05, 0) is 11.1 Å². The van der Waals surface area contributed by atoms with E-state index in [9.17, 15) is 19.7 Å². The molecule has 5 nitrogen and oxygen atoms in total. The smallest absolute Gasteiger partial charge is 0.289 e. The highest BCUT2D eigenvalue weighted by Gasteiger charge is 2.64. The molecule has 168 valence electrons. The van der Waals surface area contributed by atoms with Gasteiger partial charge in [0, 0.05) is 38.7 Å². The van der Waals surface area contributed by atoms with Crippen LogP contribution >= 0.6 is 0 Å². The highest BCUT2D eigenvalue weighted by Crippen LogP contribution is 2.60. The normalized spacial score (nSPS) is 19.6. The van der Waals surface area contributed by atoms with Gasteiger partial charge >= 0.3 is 5.54 Å². The molecule has 0 radical (unpaired) electrons. The molecule has 0 heterocycles. The summed E-state index contributed by atoms with van der Waals surface area (Å²) in [6, 6.07) is 31.4. The molecule has 0 aliphatic heterocycles. The lowest BCUT2D eigenvalue weighted by Crippen LogP contribution is -2.51. The van der Waals surface area contributed by atoms with Crippen molar-refractivity contribution in [2.45, 2.75) is 11.5 Å². The summed E-state index contributed by atoms with van der Waals surface area (Å²) in [5.41, 5.74) is 1.08. The number of carbonyl (C=O) groups excluding carboxylic acids is 2. The second-order valence-electron chi connectivity index (χ2n) is 8.75. The number of nitrogens with zero attached hydrogens (tertiary/aromatic N) is 1. The SMILES string of the molecule is O=C(C1=C(C(=O)c2ccccc2)C2([N+](=O)[O-])c3ccccc3C1c1ccccc12)c1ccccc1. The van der Waals surface area contributed by atoms with Crippen LogP contribution in [0.15, 0.2) is 120 Å². The van der Waals surface area contributed by atoms with Crippen molar-refractivity contribution < 1.29 is 14.5 Å². The Labute approximate surface area is 201 Å². The summed E-state index contributed by atoms with van der Waals surface area (Å²) in [6.45, 7) is 0. The average molecular weight is 457 g/mol. The number of nitro groups is 1. The van der Waals surface area contributed by atoms with E-state index in [-0.39, 0.29) is 16.9 Å². The second-order valence-corrected chi connectivity index (χ2v) is 8.75. The second kappa shape index (κ2) is 7.71. The Morgan fingerprint density at radius 3 is 1.54 bits per heavy atom. The molecule has 2 bridgehead atoms. The predicted molar refractivity (Wildman–Crippen MR) is 131 cm³/mol. The van der Waals surface area contributed by atoms with E-state index in [1.165, 1.54) is 0 Å². The molecule has 0 spiro atoms. The molecule has 0 amide bonds.